The molecule has 0 unspecified atom stereocenters. The number of phenolic OH excluding ortho intramolecular Hbond substituents is 1. The Hall–Kier alpha value is -1.75. The van der Waals surface area contributed by atoms with Gasteiger partial charge in [0.1, 0.15) is 5.75 Å². The predicted octanol–water partition coefficient (Wildman–Crippen LogP) is 4.52. The number of hydrogen-bond donors (Lipinski definition) is 1. The molecule has 1 aromatic rings. The van der Waals surface area contributed by atoms with E-state index in [-0.39, 0.29) is 16.7 Å². The van der Waals surface area contributed by atoms with Gasteiger partial charge in [-0.1, -0.05) is 41.5 Å². The highest BCUT2D eigenvalue weighted by Gasteiger charge is 2.27. The molecule has 25 heavy (non-hydrogen) atoms. The minimum absolute atomic E-state index is 0.198. The molecule has 2 rings (SSSR count). The third kappa shape index (κ3) is 4.27. The first-order valence-electron chi connectivity index (χ1n) is 8.38. The van der Waals surface area contributed by atoms with Gasteiger partial charge in [0.15, 0.2) is 5.17 Å². The molecule has 0 aliphatic carbocycles. The molecule has 0 atom stereocenters. The molecule has 1 N–H and O–H groups in total. The van der Waals surface area contributed by atoms with Crippen molar-refractivity contribution in [1.29, 1.82) is 0 Å². The highest BCUT2D eigenvalue weighted by molar-refractivity contribution is 8.18. The molecule has 0 spiro atoms. The number of hydrogen-bond acceptors (Lipinski definition) is 4. The van der Waals surface area contributed by atoms with Crippen LogP contribution in [0.5, 0.6) is 5.75 Å². The maximum Gasteiger partial charge on any atom is 0.286 e. The van der Waals surface area contributed by atoms with Crippen molar-refractivity contribution in [2.24, 2.45) is 4.99 Å². The molecule has 1 heterocycles. The van der Waals surface area contributed by atoms with Gasteiger partial charge in [-0.15, -0.1) is 0 Å². The largest absolute Gasteiger partial charge is 0.507 e. The first-order chi connectivity index (χ1) is 11.3. The lowest BCUT2D eigenvalue weighted by Gasteiger charge is -2.28. The van der Waals surface area contributed by atoms with E-state index in [1.54, 1.807) is 0 Å². The zero-order chi connectivity index (χ0) is 19.2. The molecule has 1 aromatic carbocycles. The van der Waals surface area contributed by atoms with E-state index in [1.807, 2.05) is 37.2 Å². The molecule has 0 saturated carbocycles. The Morgan fingerprint density at radius 3 is 1.88 bits per heavy atom. The van der Waals surface area contributed by atoms with Crippen LogP contribution in [-0.4, -0.2) is 35.2 Å². The molecule has 0 fully saturated rings. The fraction of sp³-hybridized carbons (Fsp3) is 0.500. The van der Waals surface area contributed by atoms with Gasteiger partial charge >= 0.3 is 0 Å². The number of thioether (sulfide) groups is 1. The van der Waals surface area contributed by atoms with E-state index in [4.69, 9.17) is 0 Å². The number of carbonyl (C=O) groups is 1. The maximum atomic E-state index is 12.2. The first-order valence-corrected chi connectivity index (χ1v) is 9.20. The van der Waals surface area contributed by atoms with Gasteiger partial charge in [0, 0.05) is 25.2 Å². The Labute approximate surface area is 155 Å². The Morgan fingerprint density at radius 2 is 1.52 bits per heavy atom. The number of rotatable bonds is 1. The van der Waals surface area contributed by atoms with Crippen LogP contribution in [0.3, 0.4) is 0 Å². The Balaban J connectivity index is 2.57. The molecular weight excluding hydrogens is 332 g/mol. The van der Waals surface area contributed by atoms with E-state index >= 15 is 0 Å². The smallest absolute Gasteiger partial charge is 0.286 e. The van der Waals surface area contributed by atoms with Crippen LogP contribution in [-0.2, 0) is 15.6 Å². The molecule has 0 radical (unpaired) electrons. The van der Waals surface area contributed by atoms with Crippen LogP contribution in [0.15, 0.2) is 22.0 Å². The zero-order valence-corrected chi connectivity index (χ0v) is 17.2. The van der Waals surface area contributed by atoms with Crippen molar-refractivity contribution in [3.63, 3.8) is 0 Å². The lowest BCUT2D eigenvalue weighted by atomic mass is 9.78. The Bertz CT molecular complexity index is 728. The van der Waals surface area contributed by atoms with Crippen molar-refractivity contribution in [3.8, 4) is 5.75 Å². The monoisotopic (exact) mass is 360 g/mol. The van der Waals surface area contributed by atoms with Crippen LogP contribution < -0.4 is 0 Å². The van der Waals surface area contributed by atoms with Crippen molar-refractivity contribution in [3.05, 3.63) is 33.7 Å². The fourth-order valence-corrected chi connectivity index (χ4v) is 3.46. The van der Waals surface area contributed by atoms with E-state index < -0.39 is 0 Å². The third-order valence-electron chi connectivity index (χ3n) is 4.04. The second-order valence-electron chi connectivity index (χ2n) is 8.67. The normalized spacial score (nSPS) is 17.2. The van der Waals surface area contributed by atoms with Crippen molar-refractivity contribution in [2.75, 3.05) is 14.1 Å². The average molecular weight is 361 g/mol. The number of phenols is 1. The number of benzene rings is 1. The summed E-state index contributed by atoms with van der Waals surface area (Å²) < 4.78 is 0. The van der Waals surface area contributed by atoms with Crippen LogP contribution in [0.1, 0.15) is 58.2 Å². The molecule has 5 heteroatoms. The lowest BCUT2D eigenvalue weighted by Crippen LogP contribution is -2.17. The Morgan fingerprint density at radius 1 is 1.04 bits per heavy atom. The van der Waals surface area contributed by atoms with Gasteiger partial charge < -0.3 is 10.0 Å². The van der Waals surface area contributed by atoms with Crippen LogP contribution in [0, 0.1) is 0 Å². The minimum atomic E-state index is -0.212. The van der Waals surface area contributed by atoms with E-state index in [9.17, 15) is 9.90 Å². The van der Waals surface area contributed by atoms with E-state index in [0.717, 1.165) is 16.7 Å². The second-order valence-corrected chi connectivity index (χ2v) is 9.68. The molecule has 1 aliphatic heterocycles. The van der Waals surface area contributed by atoms with Gasteiger partial charge in [-0.3, -0.25) is 4.79 Å². The van der Waals surface area contributed by atoms with E-state index in [2.05, 4.69) is 46.5 Å². The second kappa shape index (κ2) is 6.52. The highest BCUT2D eigenvalue weighted by Crippen LogP contribution is 2.40. The summed E-state index contributed by atoms with van der Waals surface area (Å²) in [5.74, 6) is 0.133. The number of nitrogens with zero attached hydrogens (tertiary/aromatic N) is 2. The zero-order valence-electron chi connectivity index (χ0n) is 16.4. The van der Waals surface area contributed by atoms with Gasteiger partial charge in [-0.2, -0.15) is 4.99 Å². The summed E-state index contributed by atoms with van der Waals surface area (Å²) in [7, 11) is 3.75. The van der Waals surface area contributed by atoms with Crippen molar-refractivity contribution < 1.29 is 9.90 Å². The lowest BCUT2D eigenvalue weighted by molar-refractivity contribution is -0.113. The number of amidine groups is 1. The van der Waals surface area contributed by atoms with Crippen LogP contribution in [0.4, 0.5) is 0 Å². The Kier molecular flexibility index (Phi) is 5.11. The summed E-state index contributed by atoms with van der Waals surface area (Å²) in [5, 5.41) is 11.5. The highest BCUT2D eigenvalue weighted by atomic mass is 32.2. The summed E-state index contributed by atoms with van der Waals surface area (Å²) in [5.41, 5.74) is 2.29. The number of carbonyl (C=O) groups excluding carboxylic acids is 1. The fourth-order valence-electron chi connectivity index (χ4n) is 2.62. The summed E-state index contributed by atoms with van der Waals surface area (Å²) in [4.78, 5) is 18.7. The van der Waals surface area contributed by atoms with Crippen molar-refractivity contribution >= 4 is 28.9 Å². The third-order valence-corrected chi connectivity index (χ3v) is 5.19. The molecule has 1 amide bonds. The van der Waals surface area contributed by atoms with Crippen molar-refractivity contribution in [1.82, 2.24) is 4.90 Å². The summed E-state index contributed by atoms with van der Waals surface area (Å²) in [6, 6.07) is 3.94. The molecule has 0 bridgehead atoms. The summed E-state index contributed by atoms with van der Waals surface area (Å²) in [6.45, 7) is 12.5. The van der Waals surface area contributed by atoms with Crippen LogP contribution >= 0.6 is 11.8 Å². The summed E-state index contributed by atoms with van der Waals surface area (Å²) >= 11 is 1.38. The van der Waals surface area contributed by atoms with Crippen LogP contribution in [0.25, 0.3) is 6.08 Å². The average Bonchev–Trinajstić information content (AvgIpc) is 2.79. The maximum absolute atomic E-state index is 12.2. The predicted molar refractivity (Wildman–Crippen MR) is 107 cm³/mol. The molecular formula is C20H28N2O2S. The number of aromatic hydroxyl groups is 1. The van der Waals surface area contributed by atoms with Gasteiger partial charge in [0.05, 0.1) is 4.91 Å². The number of amides is 1. The number of aliphatic imine (C=N–C) groups is 1. The SMILES string of the molecule is CN(C)C1=NC(=O)C(=Cc2cc(C(C)(C)C)c(O)c(C(C)(C)C)c2)S1. The topological polar surface area (TPSA) is 52.9 Å². The first kappa shape index (κ1) is 19.6. The van der Waals surface area contributed by atoms with Gasteiger partial charge in [0.2, 0.25) is 0 Å². The van der Waals surface area contributed by atoms with Gasteiger partial charge in [-0.05, 0) is 46.4 Å². The molecule has 0 saturated heterocycles. The standard InChI is InChI=1S/C20H28N2O2S/c1-19(2,3)13-9-12(10-14(16(13)23)20(4,5)6)11-15-17(24)21-18(25-15)22(7)8/h9-11,23H,1-8H3. The molecule has 1 aliphatic rings. The van der Waals surface area contributed by atoms with Gasteiger partial charge in [-0.25, -0.2) is 0 Å². The molecule has 0 aromatic heterocycles. The molecule has 4 nitrogen and oxygen atoms in total. The minimum Gasteiger partial charge on any atom is -0.507 e. The van der Waals surface area contributed by atoms with E-state index in [0.29, 0.717) is 15.8 Å². The van der Waals surface area contributed by atoms with Crippen molar-refractivity contribution in [2.45, 2.75) is 52.4 Å². The van der Waals surface area contributed by atoms with E-state index in [1.165, 1.54) is 11.8 Å². The van der Waals surface area contributed by atoms with Gasteiger partial charge in [0.25, 0.3) is 5.91 Å². The van der Waals surface area contributed by atoms with Crippen LogP contribution in [0.2, 0.25) is 0 Å². The molecule has 136 valence electrons. The summed E-state index contributed by atoms with van der Waals surface area (Å²) in [6.07, 6.45) is 1.87. The quantitative estimate of drug-likeness (QED) is 0.748.